The summed E-state index contributed by atoms with van der Waals surface area (Å²) in [5.41, 5.74) is 1.33. The lowest BCUT2D eigenvalue weighted by atomic mass is 9.87. The Morgan fingerprint density at radius 3 is 2.13 bits per heavy atom. The van der Waals surface area contributed by atoms with Crippen molar-refractivity contribution in [2.75, 3.05) is 5.32 Å². The van der Waals surface area contributed by atoms with E-state index in [0.717, 1.165) is 5.56 Å². The van der Waals surface area contributed by atoms with Gasteiger partial charge in [0, 0.05) is 5.56 Å². The zero-order valence-electron chi connectivity index (χ0n) is 13.3. The van der Waals surface area contributed by atoms with Gasteiger partial charge in [0.05, 0.1) is 5.69 Å². The Hall–Kier alpha value is -2.82. The number of carbonyl (C=O) groups excluding carboxylic acids is 1. The third-order valence-corrected chi connectivity index (χ3v) is 3.53. The third kappa shape index (κ3) is 3.69. The van der Waals surface area contributed by atoms with Gasteiger partial charge in [-0.2, -0.15) is 0 Å². The molecule has 2 rings (SSSR count). The Bertz CT molecular complexity index is 743. The van der Waals surface area contributed by atoms with Crippen LogP contribution in [-0.2, 0) is 5.41 Å². The summed E-state index contributed by atoms with van der Waals surface area (Å²) in [6.07, 6.45) is 0. The monoisotopic (exact) mass is 313 g/mol. The van der Waals surface area contributed by atoms with Crippen molar-refractivity contribution in [2.45, 2.75) is 26.2 Å². The molecular formula is C18H19NO4. The van der Waals surface area contributed by atoms with E-state index in [1.54, 1.807) is 12.1 Å². The molecule has 2 aromatic carbocycles. The van der Waals surface area contributed by atoms with Crippen molar-refractivity contribution in [3.63, 3.8) is 0 Å². The molecule has 5 nitrogen and oxygen atoms in total. The van der Waals surface area contributed by atoms with E-state index >= 15 is 0 Å². The largest absolute Gasteiger partial charge is 0.505 e. The number of nitrogens with one attached hydrogen (secondary N) is 1. The van der Waals surface area contributed by atoms with Crippen LogP contribution in [0.4, 0.5) is 5.69 Å². The predicted octanol–water partition coefficient (Wildman–Crippen LogP) is 3.64. The van der Waals surface area contributed by atoms with Gasteiger partial charge in [-0.1, -0.05) is 39.0 Å². The van der Waals surface area contributed by atoms with Crippen LogP contribution in [0.15, 0.2) is 42.5 Å². The number of carbonyl (C=O) groups is 2. The molecule has 0 aliphatic carbocycles. The van der Waals surface area contributed by atoms with Gasteiger partial charge in [-0.05, 0) is 35.2 Å². The highest BCUT2D eigenvalue weighted by Crippen LogP contribution is 2.28. The molecule has 1 amide bonds. The molecule has 0 radical (unpaired) electrons. The van der Waals surface area contributed by atoms with Gasteiger partial charge >= 0.3 is 5.97 Å². The smallest absolute Gasteiger partial charge is 0.339 e. The number of hydrogen-bond acceptors (Lipinski definition) is 3. The molecule has 0 spiro atoms. The molecule has 0 aromatic heterocycles. The molecule has 0 bridgehead atoms. The maximum Gasteiger partial charge on any atom is 0.339 e. The Morgan fingerprint density at radius 2 is 1.61 bits per heavy atom. The van der Waals surface area contributed by atoms with Crippen LogP contribution >= 0.6 is 0 Å². The van der Waals surface area contributed by atoms with Gasteiger partial charge in [-0.15, -0.1) is 0 Å². The first-order valence-electron chi connectivity index (χ1n) is 7.17. The Balaban J connectivity index is 2.23. The average Bonchev–Trinajstić information content (AvgIpc) is 2.48. The summed E-state index contributed by atoms with van der Waals surface area (Å²) in [5.74, 6) is -2.13. The van der Waals surface area contributed by atoms with Crippen LogP contribution < -0.4 is 5.32 Å². The molecule has 0 aliphatic rings. The summed E-state index contributed by atoms with van der Waals surface area (Å²) in [6.45, 7) is 6.24. The topological polar surface area (TPSA) is 86.6 Å². The second kappa shape index (κ2) is 6.12. The minimum absolute atomic E-state index is 0.0108. The first kappa shape index (κ1) is 16.5. The molecule has 0 atom stereocenters. The van der Waals surface area contributed by atoms with Gasteiger partial charge in [-0.25, -0.2) is 4.79 Å². The van der Waals surface area contributed by atoms with E-state index < -0.39 is 17.6 Å². The van der Waals surface area contributed by atoms with E-state index in [0.29, 0.717) is 5.56 Å². The van der Waals surface area contributed by atoms with Crippen molar-refractivity contribution < 1.29 is 19.8 Å². The zero-order chi connectivity index (χ0) is 17.2. The van der Waals surface area contributed by atoms with E-state index in [9.17, 15) is 14.7 Å². The standard InChI is InChI=1S/C18H19NO4/c1-18(2,3)12-9-7-11(8-10-12)16(21)19-14-6-4-5-13(15(14)20)17(22)23/h4-10,20H,1-3H3,(H,19,21)(H,22,23). The summed E-state index contributed by atoms with van der Waals surface area (Å²) in [7, 11) is 0. The summed E-state index contributed by atoms with van der Waals surface area (Å²) >= 11 is 0. The number of para-hydroxylation sites is 1. The normalized spacial score (nSPS) is 11.1. The van der Waals surface area contributed by atoms with Crippen molar-refractivity contribution >= 4 is 17.6 Å². The van der Waals surface area contributed by atoms with E-state index in [4.69, 9.17) is 5.11 Å². The minimum Gasteiger partial charge on any atom is -0.505 e. The molecule has 23 heavy (non-hydrogen) atoms. The van der Waals surface area contributed by atoms with Crippen LogP contribution in [0, 0.1) is 0 Å². The first-order valence-corrected chi connectivity index (χ1v) is 7.17. The third-order valence-electron chi connectivity index (χ3n) is 3.53. The molecule has 2 aromatic rings. The maximum atomic E-state index is 12.2. The second-order valence-electron chi connectivity index (χ2n) is 6.29. The number of benzene rings is 2. The number of phenols is 1. The fourth-order valence-electron chi connectivity index (χ4n) is 2.13. The van der Waals surface area contributed by atoms with Crippen LogP contribution in [0.5, 0.6) is 5.75 Å². The van der Waals surface area contributed by atoms with Crippen molar-refractivity contribution in [1.82, 2.24) is 0 Å². The number of aromatic hydroxyl groups is 1. The predicted molar refractivity (Wildman–Crippen MR) is 88.2 cm³/mol. The molecule has 3 N–H and O–H groups in total. The summed E-state index contributed by atoms with van der Waals surface area (Å²) < 4.78 is 0. The zero-order valence-corrected chi connectivity index (χ0v) is 13.3. The summed E-state index contributed by atoms with van der Waals surface area (Å²) in [6, 6.07) is 11.3. The SMILES string of the molecule is CC(C)(C)c1ccc(C(=O)Nc2cccc(C(=O)O)c2O)cc1. The quantitative estimate of drug-likeness (QED) is 0.755. The van der Waals surface area contributed by atoms with Gasteiger partial charge in [0.2, 0.25) is 0 Å². The van der Waals surface area contributed by atoms with Crippen LogP contribution in [-0.4, -0.2) is 22.1 Å². The molecule has 0 aliphatic heterocycles. The van der Waals surface area contributed by atoms with Crippen LogP contribution in [0.1, 0.15) is 47.1 Å². The summed E-state index contributed by atoms with van der Waals surface area (Å²) in [5, 5.41) is 21.4. The Kier molecular flexibility index (Phi) is 4.40. The Morgan fingerprint density at radius 1 is 1.00 bits per heavy atom. The molecule has 0 fully saturated rings. The van der Waals surface area contributed by atoms with E-state index in [1.165, 1.54) is 18.2 Å². The van der Waals surface area contributed by atoms with Crippen LogP contribution in [0.3, 0.4) is 0 Å². The van der Waals surface area contributed by atoms with Crippen molar-refractivity contribution in [3.05, 3.63) is 59.2 Å². The highest BCUT2D eigenvalue weighted by molar-refractivity contribution is 6.06. The van der Waals surface area contributed by atoms with Gasteiger partial charge in [0.25, 0.3) is 5.91 Å². The van der Waals surface area contributed by atoms with Crippen LogP contribution in [0.25, 0.3) is 0 Å². The molecular weight excluding hydrogens is 294 g/mol. The van der Waals surface area contributed by atoms with Gasteiger partial charge < -0.3 is 15.5 Å². The highest BCUT2D eigenvalue weighted by Gasteiger charge is 2.17. The molecule has 0 heterocycles. The van der Waals surface area contributed by atoms with Gasteiger partial charge in [-0.3, -0.25) is 4.79 Å². The van der Waals surface area contributed by atoms with E-state index in [2.05, 4.69) is 26.1 Å². The average molecular weight is 313 g/mol. The number of rotatable bonds is 3. The molecule has 120 valence electrons. The molecule has 0 unspecified atom stereocenters. The lowest BCUT2D eigenvalue weighted by molar-refractivity contribution is 0.0693. The van der Waals surface area contributed by atoms with Gasteiger partial charge in [0.1, 0.15) is 5.56 Å². The first-order chi connectivity index (χ1) is 10.7. The van der Waals surface area contributed by atoms with Crippen molar-refractivity contribution in [1.29, 1.82) is 0 Å². The second-order valence-corrected chi connectivity index (χ2v) is 6.29. The fraction of sp³-hybridized carbons (Fsp3) is 0.222. The van der Waals surface area contributed by atoms with E-state index in [1.807, 2.05) is 12.1 Å². The molecule has 0 saturated carbocycles. The summed E-state index contributed by atoms with van der Waals surface area (Å²) in [4.78, 5) is 23.2. The van der Waals surface area contributed by atoms with Crippen molar-refractivity contribution in [2.24, 2.45) is 0 Å². The number of aromatic carboxylic acids is 1. The fourth-order valence-corrected chi connectivity index (χ4v) is 2.13. The highest BCUT2D eigenvalue weighted by atomic mass is 16.4. The lowest BCUT2D eigenvalue weighted by Crippen LogP contribution is -2.14. The minimum atomic E-state index is -1.26. The van der Waals surface area contributed by atoms with Crippen LogP contribution in [0.2, 0.25) is 0 Å². The number of anilines is 1. The number of carboxylic acid groups (broad SMARTS) is 1. The molecule has 5 heteroatoms. The number of amides is 1. The van der Waals surface area contributed by atoms with E-state index in [-0.39, 0.29) is 16.7 Å². The number of carboxylic acids is 1. The maximum absolute atomic E-state index is 12.2. The number of hydrogen-bond donors (Lipinski definition) is 3. The van der Waals surface area contributed by atoms with Gasteiger partial charge in [0.15, 0.2) is 5.75 Å². The lowest BCUT2D eigenvalue weighted by Gasteiger charge is -2.19. The van der Waals surface area contributed by atoms with Crippen molar-refractivity contribution in [3.8, 4) is 5.75 Å². The Labute approximate surface area is 134 Å². The molecule has 0 saturated heterocycles.